The van der Waals surface area contributed by atoms with Crippen molar-refractivity contribution in [3.63, 3.8) is 0 Å². The first kappa shape index (κ1) is 36.8. The van der Waals surface area contributed by atoms with Crippen molar-refractivity contribution in [1.29, 1.82) is 0 Å². The van der Waals surface area contributed by atoms with Crippen molar-refractivity contribution in [2.45, 2.75) is 0 Å². The van der Waals surface area contributed by atoms with Crippen LogP contribution in [0.2, 0.25) is 0 Å². The Hall–Kier alpha value is -7.31. The van der Waals surface area contributed by atoms with Gasteiger partial charge < -0.3 is 8.83 Å². The quantitative estimate of drug-likeness (QED) is 0.163. The Morgan fingerprint density at radius 3 is 1.48 bits per heavy atom. The van der Waals surface area contributed by atoms with Crippen molar-refractivity contribution in [3.8, 4) is 67.5 Å². The summed E-state index contributed by atoms with van der Waals surface area (Å²) in [6.07, 6.45) is 0. The predicted molar refractivity (Wildman–Crippen MR) is 254 cm³/mol. The lowest BCUT2D eigenvalue weighted by Crippen LogP contribution is -2.55. The van der Waals surface area contributed by atoms with Gasteiger partial charge in [0.25, 0.3) is 0 Å². The van der Waals surface area contributed by atoms with E-state index in [9.17, 15) is 0 Å². The van der Waals surface area contributed by atoms with Crippen LogP contribution in [0.3, 0.4) is 0 Å². The van der Waals surface area contributed by atoms with Gasteiger partial charge in [-0.2, -0.15) is 0 Å². The second-order valence-corrected chi connectivity index (χ2v) is 15.0. The molecule has 0 spiro atoms. The first-order valence-corrected chi connectivity index (χ1v) is 19.7. The van der Waals surface area contributed by atoms with Crippen LogP contribution in [0.25, 0.3) is 111 Å². The van der Waals surface area contributed by atoms with Gasteiger partial charge in [0, 0.05) is 38.2 Å². The number of rotatable bonds is 6. The Bertz CT molecular complexity index is 3500. The SMILES string of the molecule is [B]c1c([B])c([B])c(-c2ccc(-c3ccc(-c4cccc5c4oc4ccc(-c6nc(-c7ccccc7)nc(-c7cccc8c7oc7ccccc78)n6)cc45)cc3)cc2)c([B])c1[B]. The Labute approximate surface area is 358 Å². The van der Waals surface area contributed by atoms with E-state index in [1.165, 1.54) is 0 Å². The van der Waals surface area contributed by atoms with Gasteiger partial charge in [0.1, 0.15) is 61.6 Å². The zero-order valence-electron chi connectivity index (χ0n) is 32.6. The summed E-state index contributed by atoms with van der Waals surface area (Å²) in [5.74, 6) is 1.64. The summed E-state index contributed by atoms with van der Waals surface area (Å²) in [5.41, 5.74) is 12.3. The third-order valence-electron chi connectivity index (χ3n) is 11.5. The molecule has 0 aliphatic heterocycles. The van der Waals surface area contributed by atoms with E-state index in [0.29, 0.717) is 34.0 Å². The zero-order valence-corrected chi connectivity index (χ0v) is 32.6. The van der Waals surface area contributed by atoms with Gasteiger partial charge in [-0.15, -0.1) is 16.4 Å². The average Bonchev–Trinajstić information content (AvgIpc) is 3.89. The van der Waals surface area contributed by atoms with Crippen molar-refractivity contribution in [1.82, 2.24) is 15.0 Å². The summed E-state index contributed by atoms with van der Waals surface area (Å²) in [5, 5.41) is 3.99. The number of aromatic nitrogens is 3. The highest BCUT2D eigenvalue weighted by Crippen LogP contribution is 2.39. The molecule has 0 bridgehead atoms. The lowest BCUT2D eigenvalue weighted by molar-refractivity contribution is 0.669. The maximum absolute atomic E-state index is 6.59. The molecule has 0 aliphatic carbocycles. The fourth-order valence-corrected chi connectivity index (χ4v) is 8.26. The first-order chi connectivity index (χ1) is 29.8. The van der Waals surface area contributed by atoms with Crippen LogP contribution in [0.5, 0.6) is 0 Å². The summed E-state index contributed by atoms with van der Waals surface area (Å²) >= 11 is 0. The number of hydrogen-bond donors (Lipinski definition) is 0. The smallest absolute Gasteiger partial charge is 0.167 e. The second kappa shape index (κ2) is 14.5. The Balaban J connectivity index is 0.958. The van der Waals surface area contributed by atoms with Crippen LogP contribution in [0.15, 0.2) is 167 Å². The summed E-state index contributed by atoms with van der Waals surface area (Å²) in [7, 11) is 30.9. The van der Waals surface area contributed by atoms with Gasteiger partial charge in [-0.05, 0) is 58.1 Å². The van der Waals surface area contributed by atoms with E-state index in [0.717, 1.165) is 88.4 Å². The number of fused-ring (bicyclic) bond motifs is 6. The highest BCUT2D eigenvalue weighted by atomic mass is 16.3. The summed E-state index contributed by atoms with van der Waals surface area (Å²) in [6, 6.07) is 52.7. The van der Waals surface area contributed by atoms with E-state index in [1.807, 2.05) is 97.1 Å². The van der Waals surface area contributed by atoms with Crippen LogP contribution in [0.4, 0.5) is 0 Å². The third kappa shape index (κ3) is 6.12. The van der Waals surface area contributed by atoms with Gasteiger partial charge in [-0.1, -0.05) is 138 Å². The predicted octanol–water partition coefficient (Wildman–Crippen LogP) is 7.64. The van der Waals surface area contributed by atoms with Crippen LogP contribution in [-0.2, 0) is 0 Å². The Morgan fingerprint density at radius 2 is 0.787 bits per heavy atom. The monoisotopic (exact) mass is 767 g/mol. The Kier molecular flexibility index (Phi) is 8.71. The van der Waals surface area contributed by atoms with Gasteiger partial charge in [0.15, 0.2) is 17.5 Å². The van der Waals surface area contributed by atoms with E-state index in [2.05, 4.69) is 60.7 Å². The molecule has 0 fully saturated rings. The zero-order chi connectivity index (χ0) is 41.4. The molecule has 3 aromatic heterocycles. The lowest BCUT2D eigenvalue weighted by atomic mass is 9.59. The molecule has 11 rings (SSSR count). The molecule has 0 N–H and O–H groups in total. The molecule has 5 nitrogen and oxygen atoms in total. The Morgan fingerprint density at radius 1 is 0.311 bits per heavy atom. The molecular weight excluding hydrogens is 741 g/mol. The number of hydrogen-bond acceptors (Lipinski definition) is 5. The van der Waals surface area contributed by atoms with Crippen LogP contribution >= 0.6 is 0 Å². The van der Waals surface area contributed by atoms with Crippen molar-refractivity contribution >= 4 is 110 Å². The van der Waals surface area contributed by atoms with Gasteiger partial charge in [-0.3, -0.25) is 0 Å². The molecule has 11 aromatic rings. The number of para-hydroxylation sites is 3. The maximum atomic E-state index is 6.59. The van der Waals surface area contributed by atoms with Gasteiger partial charge >= 0.3 is 0 Å². The van der Waals surface area contributed by atoms with E-state index < -0.39 is 0 Å². The molecule has 0 saturated heterocycles. The molecule has 10 radical (unpaired) electrons. The number of benzene rings is 8. The standard InChI is InChI=1S/C51H26B5N3O2/c52-42-41(43(53)45(55)46(56)44(42)54)30-22-18-28(19-23-30)27-16-20-29(21-17-27)33-11-6-13-36-38-26-32(24-25-40(38)61-47(33)36)50-57-49(31-8-2-1-3-9-31)58-51(59-50)37-14-7-12-35-34-10-4-5-15-39(34)60-48(35)37/h1-26H. The van der Waals surface area contributed by atoms with Crippen LogP contribution in [-0.4, -0.2) is 54.2 Å². The van der Waals surface area contributed by atoms with Crippen LogP contribution in [0, 0.1) is 0 Å². The minimum Gasteiger partial charge on any atom is -0.455 e. The summed E-state index contributed by atoms with van der Waals surface area (Å²) < 4.78 is 13.0. The normalized spacial score (nSPS) is 11.6. The fraction of sp³-hybridized carbons (Fsp3) is 0. The van der Waals surface area contributed by atoms with E-state index in [-0.39, 0.29) is 16.4 Å². The van der Waals surface area contributed by atoms with Crippen molar-refractivity contribution in [2.24, 2.45) is 0 Å². The van der Waals surface area contributed by atoms with E-state index in [1.54, 1.807) is 0 Å². The molecular formula is C51H26B5N3O2. The molecule has 0 atom stereocenters. The van der Waals surface area contributed by atoms with Gasteiger partial charge in [0.05, 0.1) is 5.56 Å². The molecule has 0 saturated carbocycles. The minimum absolute atomic E-state index is 0.194. The minimum atomic E-state index is 0.194. The van der Waals surface area contributed by atoms with Crippen molar-refractivity contribution in [2.75, 3.05) is 0 Å². The highest BCUT2D eigenvalue weighted by Gasteiger charge is 2.20. The van der Waals surface area contributed by atoms with Crippen molar-refractivity contribution < 1.29 is 8.83 Å². The third-order valence-corrected chi connectivity index (χ3v) is 11.5. The topological polar surface area (TPSA) is 65.0 Å². The van der Waals surface area contributed by atoms with Gasteiger partial charge in [-0.25, -0.2) is 15.0 Å². The van der Waals surface area contributed by atoms with E-state index >= 15 is 0 Å². The number of furan rings is 2. The number of nitrogens with zero attached hydrogens (tertiary/aromatic N) is 3. The second-order valence-electron chi connectivity index (χ2n) is 15.0. The van der Waals surface area contributed by atoms with Crippen LogP contribution < -0.4 is 27.3 Å². The molecule has 61 heavy (non-hydrogen) atoms. The highest BCUT2D eigenvalue weighted by molar-refractivity contribution is 6.68. The van der Waals surface area contributed by atoms with Gasteiger partial charge in [0.2, 0.25) is 0 Å². The van der Waals surface area contributed by atoms with Crippen LogP contribution in [0.1, 0.15) is 0 Å². The lowest BCUT2D eigenvalue weighted by Gasteiger charge is -2.21. The molecule has 10 heteroatoms. The van der Waals surface area contributed by atoms with Crippen molar-refractivity contribution in [3.05, 3.63) is 158 Å². The van der Waals surface area contributed by atoms with E-state index in [4.69, 9.17) is 63.0 Å². The fourth-order valence-electron chi connectivity index (χ4n) is 8.26. The average molecular weight is 767 g/mol. The molecule has 272 valence electrons. The molecule has 8 aromatic carbocycles. The molecule has 0 amide bonds. The summed E-state index contributed by atoms with van der Waals surface area (Å²) in [6.45, 7) is 0. The maximum Gasteiger partial charge on any atom is 0.167 e. The molecule has 0 aliphatic rings. The largest absolute Gasteiger partial charge is 0.455 e. The molecule has 3 heterocycles. The first-order valence-electron chi connectivity index (χ1n) is 19.7. The molecule has 0 unspecified atom stereocenters. The summed E-state index contributed by atoms with van der Waals surface area (Å²) in [4.78, 5) is 15.1.